The lowest BCUT2D eigenvalue weighted by Crippen LogP contribution is -2.38. The molecule has 6 nitrogen and oxygen atoms in total. The Balaban J connectivity index is 1.36. The number of hydrogen-bond donors (Lipinski definition) is 1. The first kappa shape index (κ1) is 20.5. The highest BCUT2D eigenvalue weighted by Gasteiger charge is 2.31. The molecule has 0 atom stereocenters. The minimum atomic E-state index is -0.368. The Bertz CT molecular complexity index is 941. The summed E-state index contributed by atoms with van der Waals surface area (Å²) in [6, 6.07) is 13.2. The highest BCUT2D eigenvalue weighted by Crippen LogP contribution is 2.23. The molecule has 0 aliphatic carbocycles. The molecule has 0 saturated carbocycles. The van der Waals surface area contributed by atoms with Crippen molar-refractivity contribution in [1.82, 2.24) is 10.2 Å². The number of nitrogens with zero attached hydrogens (tertiary/aromatic N) is 2. The first-order valence-corrected chi connectivity index (χ1v) is 10.2. The molecule has 2 aliphatic heterocycles. The Morgan fingerprint density at radius 1 is 1.10 bits per heavy atom. The van der Waals surface area contributed by atoms with E-state index >= 15 is 0 Å². The van der Waals surface area contributed by atoms with E-state index in [-0.39, 0.29) is 16.8 Å². The van der Waals surface area contributed by atoms with Crippen LogP contribution in [-0.4, -0.2) is 55.4 Å². The van der Waals surface area contributed by atoms with Gasteiger partial charge in [0.15, 0.2) is 5.11 Å². The van der Waals surface area contributed by atoms with Crippen molar-refractivity contribution in [1.29, 1.82) is 0 Å². The van der Waals surface area contributed by atoms with E-state index in [2.05, 4.69) is 10.2 Å². The lowest BCUT2D eigenvalue weighted by molar-refractivity contribution is -0.113. The number of morpholine rings is 1. The molecule has 8 heteroatoms. The van der Waals surface area contributed by atoms with Crippen molar-refractivity contribution in [2.24, 2.45) is 0 Å². The molecule has 0 bridgehead atoms. The summed E-state index contributed by atoms with van der Waals surface area (Å²) in [5, 5.41) is 3.19. The lowest BCUT2D eigenvalue weighted by Gasteiger charge is -2.26. The molecule has 2 aromatic carbocycles. The summed E-state index contributed by atoms with van der Waals surface area (Å²) in [6.45, 7) is 4.91. The van der Waals surface area contributed by atoms with Crippen LogP contribution in [-0.2, 0) is 9.53 Å². The zero-order chi connectivity index (χ0) is 20.9. The number of hydrogen-bond acceptors (Lipinski definition) is 5. The molecule has 2 fully saturated rings. The summed E-state index contributed by atoms with van der Waals surface area (Å²) in [6.07, 6.45) is 1.73. The number of rotatable bonds is 6. The number of nitrogens with one attached hydrogen (secondary N) is 1. The molecular formula is C22H22FN3O3S. The third-order valence-electron chi connectivity index (χ3n) is 4.93. The molecule has 4 rings (SSSR count). The summed E-state index contributed by atoms with van der Waals surface area (Å²) in [4.78, 5) is 16.4. The highest BCUT2D eigenvalue weighted by molar-refractivity contribution is 7.80. The van der Waals surface area contributed by atoms with Crippen molar-refractivity contribution in [3.8, 4) is 5.75 Å². The number of amides is 1. The summed E-state index contributed by atoms with van der Waals surface area (Å²) >= 11 is 5.28. The van der Waals surface area contributed by atoms with Gasteiger partial charge in [-0.15, -0.1) is 0 Å². The third kappa shape index (κ3) is 4.84. The van der Waals surface area contributed by atoms with Gasteiger partial charge in [0.05, 0.1) is 18.9 Å². The Labute approximate surface area is 179 Å². The molecule has 2 aromatic rings. The van der Waals surface area contributed by atoms with E-state index in [4.69, 9.17) is 21.7 Å². The van der Waals surface area contributed by atoms with E-state index in [1.54, 1.807) is 6.08 Å². The van der Waals surface area contributed by atoms with Gasteiger partial charge in [0.25, 0.3) is 5.91 Å². The standard InChI is InChI=1S/C22H22FN3O3S/c23-17-3-5-18(6-4-17)26-21(27)20(24-22(26)30)15-16-1-7-19(8-2-16)29-14-11-25-9-12-28-13-10-25/h1-8,15H,9-14H2,(H,24,30)/b20-15+. The second-order valence-corrected chi connectivity index (χ2v) is 7.36. The van der Waals surface area contributed by atoms with Crippen molar-refractivity contribution >= 4 is 35.0 Å². The molecule has 30 heavy (non-hydrogen) atoms. The number of thiocarbonyl (C=S) groups is 1. The Morgan fingerprint density at radius 3 is 2.50 bits per heavy atom. The van der Waals surface area contributed by atoms with Crippen LogP contribution in [0.25, 0.3) is 6.08 Å². The van der Waals surface area contributed by atoms with Crippen LogP contribution in [0.3, 0.4) is 0 Å². The fourth-order valence-electron chi connectivity index (χ4n) is 3.30. The van der Waals surface area contributed by atoms with Gasteiger partial charge in [-0.1, -0.05) is 12.1 Å². The maximum atomic E-state index is 13.2. The minimum absolute atomic E-state index is 0.265. The number of ether oxygens (including phenoxy) is 2. The third-order valence-corrected chi connectivity index (χ3v) is 5.22. The predicted molar refractivity (Wildman–Crippen MR) is 117 cm³/mol. The Morgan fingerprint density at radius 2 is 1.80 bits per heavy atom. The van der Waals surface area contributed by atoms with Gasteiger partial charge in [-0.2, -0.15) is 0 Å². The molecule has 0 unspecified atom stereocenters. The van der Waals surface area contributed by atoms with Gasteiger partial charge in [-0.05, 0) is 60.3 Å². The van der Waals surface area contributed by atoms with Crippen molar-refractivity contribution in [3.63, 3.8) is 0 Å². The average Bonchev–Trinajstić information content (AvgIpc) is 3.04. The van der Waals surface area contributed by atoms with E-state index < -0.39 is 0 Å². The van der Waals surface area contributed by atoms with Crippen molar-refractivity contribution < 1.29 is 18.7 Å². The fourth-order valence-corrected chi connectivity index (χ4v) is 3.60. The molecular weight excluding hydrogens is 405 g/mol. The summed E-state index contributed by atoms with van der Waals surface area (Å²) in [5.41, 5.74) is 1.73. The molecule has 0 spiro atoms. The number of anilines is 1. The monoisotopic (exact) mass is 427 g/mol. The van der Waals surface area contributed by atoms with Crippen LogP contribution in [0, 0.1) is 5.82 Å². The molecule has 2 aliphatic rings. The minimum Gasteiger partial charge on any atom is -0.492 e. The van der Waals surface area contributed by atoms with Crippen molar-refractivity contribution in [2.75, 3.05) is 44.4 Å². The number of carbonyl (C=O) groups excluding carboxylic acids is 1. The van der Waals surface area contributed by atoms with Gasteiger partial charge in [0.2, 0.25) is 0 Å². The summed E-state index contributed by atoms with van der Waals surface area (Å²) in [5.74, 6) is 0.129. The molecule has 0 radical (unpaired) electrons. The smallest absolute Gasteiger partial charge is 0.281 e. The zero-order valence-electron chi connectivity index (χ0n) is 16.3. The summed E-state index contributed by atoms with van der Waals surface area (Å²) in [7, 11) is 0. The van der Waals surface area contributed by atoms with Gasteiger partial charge < -0.3 is 14.8 Å². The quantitative estimate of drug-likeness (QED) is 0.565. The Kier molecular flexibility index (Phi) is 6.37. The van der Waals surface area contributed by atoms with E-state index in [1.165, 1.54) is 29.2 Å². The second kappa shape index (κ2) is 9.34. The van der Waals surface area contributed by atoms with Crippen LogP contribution in [0.1, 0.15) is 5.56 Å². The van der Waals surface area contributed by atoms with Crippen LogP contribution in [0.15, 0.2) is 54.2 Å². The van der Waals surface area contributed by atoms with Crippen molar-refractivity contribution in [2.45, 2.75) is 0 Å². The van der Waals surface area contributed by atoms with Crippen LogP contribution in [0.2, 0.25) is 0 Å². The first-order chi connectivity index (χ1) is 14.6. The molecule has 0 aromatic heterocycles. The largest absolute Gasteiger partial charge is 0.492 e. The van der Waals surface area contributed by atoms with E-state index in [1.807, 2.05) is 24.3 Å². The number of halogens is 1. The fraction of sp³-hybridized carbons (Fsp3) is 0.273. The molecule has 1 N–H and O–H groups in total. The summed E-state index contributed by atoms with van der Waals surface area (Å²) < 4.78 is 24.3. The molecule has 156 valence electrons. The highest BCUT2D eigenvalue weighted by atomic mass is 32.1. The van der Waals surface area contributed by atoms with Crippen molar-refractivity contribution in [3.05, 3.63) is 65.6 Å². The van der Waals surface area contributed by atoms with Crippen LogP contribution in [0.5, 0.6) is 5.75 Å². The van der Waals surface area contributed by atoms with E-state index in [9.17, 15) is 9.18 Å². The van der Waals surface area contributed by atoms with E-state index in [0.29, 0.717) is 18.0 Å². The van der Waals surface area contributed by atoms with Gasteiger partial charge >= 0.3 is 0 Å². The van der Waals surface area contributed by atoms with Gasteiger partial charge in [-0.25, -0.2) is 4.39 Å². The maximum Gasteiger partial charge on any atom is 0.281 e. The average molecular weight is 428 g/mol. The normalized spacial score (nSPS) is 18.7. The lowest BCUT2D eigenvalue weighted by atomic mass is 10.2. The van der Waals surface area contributed by atoms with Gasteiger partial charge in [0, 0.05) is 19.6 Å². The van der Waals surface area contributed by atoms with Crippen LogP contribution in [0.4, 0.5) is 10.1 Å². The predicted octanol–water partition coefficient (Wildman–Crippen LogP) is 2.80. The molecule has 2 heterocycles. The Hall–Kier alpha value is -2.81. The van der Waals surface area contributed by atoms with Gasteiger partial charge in [-0.3, -0.25) is 14.6 Å². The zero-order valence-corrected chi connectivity index (χ0v) is 17.2. The first-order valence-electron chi connectivity index (χ1n) is 9.76. The van der Waals surface area contributed by atoms with Crippen LogP contribution >= 0.6 is 12.2 Å². The SMILES string of the molecule is O=C1/C(=C\c2ccc(OCCN3CCOCC3)cc2)NC(=S)N1c1ccc(F)cc1. The maximum absolute atomic E-state index is 13.2. The molecule has 1 amide bonds. The van der Waals surface area contributed by atoms with Crippen LogP contribution < -0.4 is 15.0 Å². The molecule has 2 saturated heterocycles. The van der Waals surface area contributed by atoms with Gasteiger partial charge in [0.1, 0.15) is 23.9 Å². The number of benzene rings is 2. The topological polar surface area (TPSA) is 54.0 Å². The second-order valence-electron chi connectivity index (χ2n) is 6.98. The van der Waals surface area contributed by atoms with E-state index in [0.717, 1.165) is 44.2 Å². The number of carbonyl (C=O) groups is 1.